The van der Waals surface area contributed by atoms with Crippen LogP contribution in [0.4, 0.5) is 0 Å². The minimum Gasteiger partial charge on any atom is -0.476 e. The maximum Gasteiger partial charge on any atom is 0.355 e. The first-order valence-electron chi connectivity index (χ1n) is 10.1. The van der Waals surface area contributed by atoms with E-state index in [1.165, 1.54) is 16.0 Å². The molecule has 4 rings (SSSR count). The topological polar surface area (TPSA) is 80.9 Å². The molecule has 6 nitrogen and oxygen atoms in total. The van der Waals surface area contributed by atoms with E-state index in [1.54, 1.807) is 49.3 Å². The van der Waals surface area contributed by atoms with Crippen LogP contribution in [-0.2, 0) is 6.42 Å². The number of carboxylic acid groups (broad SMARTS) is 1. The number of benzene rings is 1. The first-order chi connectivity index (χ1) is 15.7. The van der Waals surface area contributed by atoms with Crippen molar-refractivity contribution in [2.24, 2.45) is 0 Å². The van der Waals surface area contributed by atoms with Crippen molar-refractivity contribution in [1.82, 2.24) is 19.7 Å². The van der Waals surface area contributed by atoms with Crippen LogP contribution in [0.1, 0.15) is 41.2 Å². The van der Waals surface area contributed by atoms with Gasteiger partial charge in [0.2, 0.25) is 5.13 Å². The van der Waals surface area contributed by atoms with Crippen molar-refractivity contribution in [3.8, 4) is 16.4 Å². The van der Waals surface area contributed by atoms with Crippen LogP contribution >= 0.6 is 46.3 Å². The van der Waals surface area contributed by atoms with Crippen molar-refractivity contribution in [3.05, 3.63) is 75.3 Å². The Morgan fingerprint density at radius 2 is 1.94 bits per heavy atom. The van der Waals surface area contributed by atoms with E-state index in [1.807, 2.05) is 12.1 Å². The lowest BCUT2D eigenvalue weighted by Gasteiger charge is -2.06. The average molecular weight is 519 g/mol. The van der Waals surface area contributed by atoms with E-state index in [0.29, 0.717) is 38.1 Å². The first kappa shape index (κ1) is 23.8. The Labute approximate surface area is 209 Å². The zero-order valence-corrected chi connectivity index (χ0v) is 21.2. The molecule has 10 heteroatoms. The molecule has 0 bridgehead atoms. The van der Waals surface area contributed by atoms with E-state index in [2.05, 4.69) is 23.9 Å². The smallest absolute Gasteiger partial charge is 0.355 e. The fourth-order valence-electron chi connectivity index (χ4n) is 3.36. The molecular formula is C23H20Cl2N4O2S2. The van der Waals surface area contributed by atoms with Gasteiger partial charge in [-0.05, 0) is 36.8 Å². The largest absolute Gasteiger partial charge is 0.476 e. The highest BCUT2D eigenvalue weighted by atomic mass is 35.5. The lowest BCUT2D eigenvalue weighted by Crippen LogP contribution is -2.10. The zero-order valence-electron chi connectivity index (χ0n) is 18.0. The van der Waals surface area contributed by atoms with Crippen molar-refractivity contribution < 1.29 is 9.90 Å². The van der Waals surface area contributed by atoms with Crippen LogP contribution in [0.25, 0.3) is 16.4 Å². The van der Waals surface area contributed by atoms with E-state index in [0.717, 1.165) is 21.0 Å². The van der Waals surface area contributed by atoms with E-state index in [9.17, 15) is 9.90 Å². The van der Waals surface area contributed by atoms with Gasteiger partial charge in [-0.15, -0.1) is 11.8 Å². The molecule has 0 fully saturated rings. The van der Waals surface area contributed by atoms with Gasteiger partial charge in [0.15, 0.2) is 5.69 Å². The van der Waals surface area contributed by atoms with Gasteiger partial charge in [-0.1, -0.05) is 54.5 Å². The molecule has 3 heterocycles. The Kier molecular flexibility index (Phi) is 7.09. The summed E-state index contributed by atoms with van der Waals surface area (Å²) in [7, 11) is 0. The van der Waals surface area contributed by atoms with Gasteiger partial charge in [0.05, 0.1) is 15.6 Å². The Bertz CT molecular complexity index is 1320. The fraction of sp³-hybridized carbons (Fsp3) is 0.217. The van der Waals surface area contributed by atoms with Crippen LogP contribution in [-0.4, -0.2) is 36.1 Å². The minimum atomic E-state index is -1.07. The van der Waals surface area contributed by atoms with Gasteiger partial charge in [0.25, 0.3) is 0 Å². The van der Waals surface area contributed by atoms with E-state index >= 15 is 0 Å². The number of pyridine rings is 1. The first-order valence-corrected chi connectivity index (χ1v) is 12.5. The molecule has 1 N–H and O–H groups in total. The SMILES string of the molecule is Cc1nn(-c2nc(-c3ccncc3)c(SC(C)C)s2)c(C(=O)O)c1Cc1ccc(Cl)cc1Cl. The molecule has 0 saturated carbocycles. The number of hydrogen-bond donors (Lipinski definition) is 1. The summed E-state index contributed by atoms with van der Waals surface area (Å²) in [5.74, 6) is -1.07. The molecule has 33 heavy (non-hydrogen) atoms. The Balaban J connectivity index is 1.83. The zero-order chi connectivity index (χ0) is 23.7. The van der Waals surface area contributed by atoms with Crippen LogP contribution in [0.2, 0.25) is 10.0 Å². The summed E-state index contributed by atoms with van der Waals surface area (Å²) >= 11 is 15.5. The molecule has 0 radical (unpaired) electrons. The summed E-state index contributed by atoms with van der Waals surface area (Å²) in [6.45, 7) is 6.01. The van der Waals surface area contributed by atoms with Gasteiger partial charge < -0.3 is 5.11 Å². The highest BCUT2D eigenvalue weighted by molar-refractivity contribution is 8.01. The van der Waals surface area contributed by atoms with Crippen LogP contribution in [0, 0.1) is 6.92 Å². The van der Waals surface area contributed by atoms with Crippen molar-refractivity contribution in [1.29, 1.82) is 0 Å². The average Bonchev–Trinajstić information content (AvgIpc) is 3.31. The molecular weight excluding hydrogens is 499 g/mol. The summed E-state index contributed by atoms with van der Waals surface area (Å²) in [4.78, 5) is 21.2. The molecule has 0 aliphatic heterocycles. The summed E-state index contributed by atoms with van der Waals surface area (Å²) in [6.07, 6.45) is 3.75. The molecule has 3 aromatic heterocycles. The van der Waals surface area contributed by atoms with Crippen molar-refractivity contribution in [2.45, 2.75) is 36.7 Å². The second kappa shape index (κ2) is 9.85. The van der Waals surface area contributed by atoms with Crippen molar-refractivity contribution in [3.63, 3.8) is 0 Å². The molecule has 1 aromatic carbocycles. The fourth-order valence-corrected chi connectivity index (χ4v) is 6.31. The number of thiazole rings is 1. The Morgan fingerprint density at radius 3 is 2.58 bits per heavy atom. The number of carboxylic acids is 1. The van der Waals surface area contributed by atoms with Crippen LogP contribution in [0.5, 0.6) is 0 Å². The summed E-state index contributed by atoms with van der Waals surface area (Å²) in [6, 6.07) is 8.97. The third kappa shape index (κ3) is 5.09. The molecule has 4 aromatic rings. The van der Waals surface area contributed by atoms with E-state index in [-0.39, 0.29) is 5.69 Å². The highest BCUT2D eigenvalue weighted by Crippen LogP contribution is 2.40. The normalized spacial score (nSPS) is 11.3. The van der Waals surface area contributed by atoms with E-state index < -0.39 is 5.97 Å². The summed E-state index contributed by atoms with van der Waals surface area (Å²) in [5.41, 5.74) is 3.77. The molecule has 0 atom stereocenters. The monoisotopic (exact) mass is 518 g/mol. The third-order valence-corrected chi connectivity index (χ3v) is 7.66. The molecule has 0 unspecified atom stereocenters. The van der Waals surface area contributed by atoms with Gasteiger partial charge in [-0.3, -0.25) is 4.98 Å². The summed E-state index contributed by atoms with van der Waals surface area (Å²) in [5, 5.41) is 16.5. The number of rotatable bonds is 7. The Hall–Kier alpha value is -2.39. The second-order valence-corrected chi connectivity index (χ2v) is 11.2. The summed E-state index contributed by atoms with van der Waals surface area (Å²) < 4.78 is 2.43. The van der Waals surface area contributed by atoms with Gasteiger partial charge in [-0.2, -0.15) is 9.78 Å². The number of aryl methyl sites for hydroxylation is 1. The van der Waals surface area contributed by atoms with Gasteiger partial charge >= 0.3 is 5.97 Å². The number of carbonyl (C=O) groups is 1. The lowest BCUT2D eigenvalue weighted by molar-refractivity contribution is 0.0686. The minimum absolute atomic E-state index is 0.0784. The van der Waals surface area contributed by atoms with Gasteiger partial charge in [-0.25, -0.2) is 9.78 Å². The maximum absolute atomic E-state index is 12.3. The number of nitrogens with zero attached hydrogens (tertiary/aromatic N) is 4. The Morgan fingerprint density at radius 1 is 1.21 bits per heavy atom. The molecule has 0 spiro atoms. The van der Waals surface area contributed by atoms with Crippen molar-refractivity contribution in [2.75, 3.05) is 0 Å². The molecule has 0 amide bonds. The predicted octanol–water partition coefficient (Wildman–Crippen LogP) is 6.80. The quantitative estimate of drug-likeness (QED) is 0.271. The number of halogens is 2. The van der Waals surface area contributed by atoms with E-state index in [4.69, 9.17) is 28.2 Å². The number of thioether (sulfide) groups is 1. The molecule has 170 valence electrons. The van der Waals surface area contributed by atoms with Crippen LogP contribution in [0.15, 0.2) is 46.9 Å². The standard InChI is InChI=1S/C23H20Cl2N4O2S2/c1-12(2)32-22-19(14-6-8-26-9-7-14)27-23(33-22)29-20(21(30)31)17(13(3)28-29)10-15-4-5-16(24)11-18(15)25/h4-9,11-12H,10H2,1-3H3,(H,30,31). The predicted molar refractivity (Wildman–Crippen MR) is 134 cm³/mol. The lowest BCUT2D eigenvalue weighted by atomic mass is 10.0. The molecule has 0 aliphatic carbocycles. The second-order valence-electron chi connectivity index (χ2n) is 7.58. The van der Waals surface area contributed by atoms with Crippen LogP contribution < -0.4 is 0 Å². The van der Waals surface area contributed by atoms with Gasteiger partial charge in [0.1, 0.15) is 0 Å². The van der Waals surface area contributed by atoms with Crippen LogP contribution in [0.3, 0.4) is 0 Å². The third-order valence-electron chi connectivity index (χ3n) is 4.83. The van der Waals surface area contributed by atoms with Crippen molar-refractivity contribution >= 4 is 52.3 Å². The molecule has 0 aliphatic rings. The van der Waals surface area contributed by atoms with Gasteiger partial charge in [0, 0.05) is 45.2 Å². The maximum atomic E-state index is 12.3. The molecule has 0 saturated heterocycles. The number of aromatic carboxylic acids is 1. The highest BCUT2D eigenvalue weighted by Gasteiger charge is 2.26. The number of hydrogen-bond acceptors (Lipinski definition) is 6. The number of aromatic nitrogens is 4.